The molecule has 3 rings (SSSR count). The molecule has 0 radical (unpaired) electrons. The minimum atomic E-state index is -0.0629. The first-order valence-corrected chi connectivity index (χ1v) is 6.79. The number of fused-ring (bicyclic) bond motifs is 1. The lowest BCUT2D eigenvalue weighted by Gasteiger charge is -2.09. The molecular weight excluding hydrogens is 282 g/mol. The minimum absolute atomic E-state index is 0.0399. The molecule has 5 nitrogen and oxygen atoms in total. The Morgan fingerprint density at radius 3 is 2.82 bits per heavy atom. The van der Waals surface area contributed by atoms with Gasteiger partial charge in [0.05, 0.1) is 24.3 Å². The van der Waals surface area contributed by atoms with Crippen molar-refractivity contribution in [3.05, 3.63) is 64.5 Å². The van der Waals surface area contributed by atoms with Crippen LogP contribution in [0, 0.1) is 0 Å². The number of para-hydroxylation sites is 1. The summed E-state index contributed by atoms with van der Waals surface area (Å²) in [6, 6.07) is 12.1. The van der Waals surface area contributed by atoms with Crippen LogP contribution in [0.4, 0.5) is 5.69 Å². The second-order valence-electron chi connectivity index (χ2n) is 4.83. The lowest BCUT2D eigenvalue weighted by atomic mass is 10.1. The van der Waals surface area contributed by atoms with Gasteiger partial charge in [-0.2, -0.15) is 0 Å². The van der Waals surface area contributed by atoms with Gasteiger partial charge in [0.25, 0.3) is 0 Å². The molecule has 0 spiro atoms. The van der Waals surface area contributed by atoms with E-state index in [1.807, 2.05) is 6.07 Å². The molecule has 1 aromatic heterocycles. The SMILES string of the molecule is COc1ccc(NCc2coc3ccccc3c2=O)cc1O. The van der Waals surface area contributed by atoms with Crippen molar-refractivity contribution in [3.8, 4) is 11.5 Å². The summed E-state index contributed by atoms with van der Waals surface area (Å²) in [5.41, 5.74) is 1.71. The topological polar surface area (TPSA) is 71.7 Å². The molecule has 0 amide bonds. The van der Waals surface area contributed by atoms with Crippen molar-refractivity contribution < 1.29 is 14.3 Å². The standard InChI is InChI=1S/C17H15NO4/c1-21-16-7-6-12(8-14(16)19)18-9-11-10-22-15-5-3-2-4-13(15)17(11)20/h2-8,10,18-19H,9H2,1H3. The van der Waals surface area contributed by atoms with Crippen molar-refractivity contribution in [1.29, 1.82) is 0 Å². The zero-order valence-corrected chi connectivity index (χ0v) is 12.0. The average molecular weight is 297 g/mol. The zero-order chi connectivity index (χ0) is 15.5. The fourth-order valence-electron chi connectivity index (χ4n) is 2.24. The number of benzene rings is 2. The van der Waals surface area contributed by atoms with Crippen molar-refractivity contribution in [2.24, 2.45) is 0 Å². The Hall–Kier alpha value is -2.95. The highest BCUT2D eigenvalue weighted by molar-refractivity contribution is 5.76. The molecule has 2 N–H and O–H groups in total. The van der Waals surface area contributed by atoms with E-state index in [1.54, 1.807) is 36.4 Å². The molecule has 0 aliphatic rings. The van der Waals surface area contributed by atoms with Crippen molar-refractivity contribution >= 4 is 16.7 Å². The number of phenols is 1. The molecule has 22 heavy (non-hydrogen) atoms. The quantitative estimate of drug-likeness (QED) is 0.774. The monoisotopic (exact) mass is 297 g/mol. The Bertz CT molecular complexity index is 870. The van der Waals surface area contributed by atoms with E-state index in [-0.39, 0.29) is 11.2 Å². The summed E-state index contributed by atoms with van der Waals surface area (Å²) in [6.45, 7) is 0.305. The largest absolute Gasteiger partial charge is 0.504 e. The molecule has 0 saturated carbocycles. The summed E-state index contributed by atoms with van der Waals surface area (Å²) in [5.74, 6) is 0.439. The number of rotatable bonds is 4. The third kappa shape index (κ3) is 2.61. The number of aromatic hydroxyl groups is 1. The first-order chi connectivity index (χ1) is 10.7. The van der Waals surface area contributed by atoms with E-state index >= 15 is 0 Å². The van der Waals surface area contributed by atoms with Gasteiger partial charge in [-0.15, -0.1) is 0 Å². The summed E-state index contributed by atoms with van der Waals surface area (Å²) in [6.07, 6.45) is 1.46. The van der Waals surface area contributed by atoms with Crippen LogP contribution >= 0.6 is 0 Å². The van der Waals surface area contributed by atoms with Crippen LogP contribution in [0.2, 0.25) is 0 Å². The molecule has 0 unspecified atom stereocenters. The van der Waals surface area contributed by atoms with Crippen LogP contribution in [0.1, 0.15) is 5.56 Å². The van der Waals surface area contributed by atoms with Gasteiger partial charge in [0.15, 0.2) is 16.9 Å². The maximum Gasteiger partial charge on any atom is 0.197 e. The maximum atomic E-state index is 12.3. The highest BCUT2D eigenvalue weighted by atomic mass is 16.5. The van der Waals surface area contributed by atoms with E-state index in [4.69, 9.17) is 9.15 Å². The number of anilines is 1. The van der Waals surface area contributed by atoms with E-state index in [0.717, 1.165) is 0 Å². The van der Waals surface area contributed by atoms with E-state index in [2.05, 4.69) is 5.32 Å². The van der Waals surface area contributed by atoms with Crippen LogP contribution in [0.15, 0.2) is 57.9 Å². The number of phenolic OH excluding ortho intramolecular Hbond substituents is 1. The molecule has 112 valence electrons. The van der Waals surface area contributed by atoms with Crippen LogP contribution < -0.4 is 15.5 Å². The maximum absolute atomic E-state index is 12.3. The summed E-state index contributed by atoms with van der Waals surface area (Å²) < 4.78 is 10.5. The molecule has 3 aromatic rings. The fourth-order valence-corrected chi connectivity index (χ4v) is 2.24. The Labute approximate surface area is 126 Å². The Morgan fingerprint density at radius 2 is 2.05 bits per heavy atom. The second kappa shape index (κ2) is 5.81. The normalized spacial score (nSPS) is 10.6. The van der Waals surface area contributed by atoms with Gasteiger partial charge < -0.3 is 19.6 Å². The minimum Gasteiger partial charge on any atom is -0.504 e. The highest BCUT2D eigenvalue weighted by Crippen LogP contribution is 2.28. The van der Waals surface area contributed by atoms with Crippen LogP contribution in [0.5, 0.6) is 11.5 Å². The number of ether oxygens (including phenoxy) is 1. The number of nitrogens with one attached hydrogen (secondary N) is 1. The number of hydrogen-bond donors (Lipinski definition) is 2. The van der Waals surface area contributed by atoms with Crippen LogP contribution in [0.3, 0.4) is 0 Å². The van der Waals surface area contributed by atoms with Gasteiger partial charge in [0.2, 0.25) is 0 Å². The van der Waals surface area contributed by atoms with E-state index in [9.17, 15) is 9.90 Å². The van der Waals surface area contributed by atoms with Crippen molar-refractivity contribution in [2.75, 3.05) is 12.4 Å². The second-order valence-corrected chi connectivity index (χ2v) is 4.83. The number of methoxy groups -OCH3 is 1. The van der Waals surface area contributed by atoms with Gasteiger partial charge in [-0.1, -0.05) is 12.1 Å². The van der Waals surface area contributed by atoms with E-state index in [0.29, 0.717) is 34.5 Å². The van der Waals surface area contributed by atoms with Crippen molar-refractivity contribution in [1.82, 2.24) is 0 Å². The van der Waals surface area contributed by atoms with Crippen molar-refractivity contribution in [2.45, 2.75) is 6.54 Å². The van der Waals surface area contributed by atoms with E-state index < -0.39 is 0 Å². The van der Waals surface area contributed by atoms with Crippen LogP contribution in [0.25, 0.3) is 11.0 Å². The zero-order valence-electron chi connectivity index (χ0n) is 12.0. The smallest absolute Gasteiger partial charge is 0.197 e. The van der Waals surface area contributed by atoms with Gasteiger partial charge in [-0.25, -0.2) is 0 Å². The van der Waals surface area contributed by atoms with Gasteiger partial charge in [-0.05, 0) is 24.3 Å². The molecular formula is C17H15NO4. The van der Waals surface area contributed by atoms with E-state index in [1.165, 1.54) is 13.4 Å². The fraction of sp³-hybridized carbons (Fsp3) is 0.118. The molecule has 0 aliphatic carbocycles. The molecule has 5 heteroatoms. The lowest BCUT2D eigenvalue weighted by molar-refractivity contribution is 0.373. The van der Waals surface area contributed by atoms with Gasteiger partial charge in [0.1, 0.15) is 5.58 Å². The molecule has 0 atom stereocenters. The lowest BCUT2D eigenvalue weighted by Crippen LogP contribution is -2.12. The van der Waals surface area contributed by atoms with Gasteiger partial charge in [-0.3, -0.25) is 4.79 Å². The Kier molecular flexibility index (Phi) is 3.70. The summed E-state index contributed by atoms with van der Waals surface area (Å²) in [5, 5.41) is 13.4. The number of hydrogen-bond acceptors (Lipinski definition) is 5. The van der Waals surface area contributed by atoms with Gasteiger partial charge in [0, 0.05) is 18.3 Å². The van der Waals surface area contributed by atoms with Crippen LogP contribution in [-0.4, -0.2) is 12.2 Å². The van der Waals surface area contributed by atoms with Crippen LogP contribution in [-0.2, 0) is 6.54 Å². The molecule has 0 bridgehead atoms. The highest BCUT2D eigenvalue weighted by Gasteiger charge is 2.07. The molecule has 0 saturated heterocycles. The summed E-state index contributed by atoms with van der Waals surface area (Å²) in [4.78, 5) is 12.3. The molecule has 1 heterocycles. The summed E-state index contributed by atoms with van der Waals surface area (Å²) in [7, 11) is 1.49. The average Bonchev–Trinajstić information content (AvgIpc) is 2.55. The molecule has 2 aromatic carbocycles. The predicted molar refractivity (Wildman–Crippen MR) is 84.5 cm³/mol. The van der Waals surface area contributed by atoms with Crippen molar-refractivity contribution in [3.63, 3.8) is 0 Å². The predicted octanol–water partition coefficient (Wildman–Crippen LogP) is 3.12. The molecule has 0 aliphatic heterocycles. The first kappa shape index (κ1) is 14.0. The Morgan fingerprint density at radius 1 is 1.23 bits per heavy atom. The third-order valence-corrected chi connectivity index (χ3v) is 3.41. The van der Waals surface area contributed by atoms with Gasteiger partial charge >= 0.3 is 0 Å². The summed E-state index contributed by atoms with van der Waals surface area (Å²) >= 11 is 0. The third-order valence-electron chi connectivity index (χ3n) is 3.41. The molecule has 0 fully saturated rings. The Balaban J connectivity index is 1.83. The first-order valence-electron chi connectivity index (χ1n) is 6.79.